The summed E-state index contributed by atoms with van der Waals surface area (Å²) >= 11 is 0. The molecule has 2 N–H and O–H groups in total. The molecule has 1 aliphatic rings. The third-order valence-electron chi connectivity index (χ3n) is 4.50. The summed E-state index contributed by atoms with van der Waals surface area (Å²) in [4.78, 5) is 6.60. The Morgan fingerprint density at radius 3 is 2.86 bits per heavy atom. The molecule has 0 aliphatic carbocycles. The van der Waals surface area contributed by atoms with Crippen molar-refractivity contribution in [1.29, 1.82) is 5.26 Å². The molecule has 5 heteroatoms. The van der Waals surface area contributed by atoms with Gasteiger partial charge in [-0.25, -0.2) is 4.98 Å². The number of aryl methyl sites for hydroxylation is 1. The quantitative estimate of drug-likeness (QED) is 0.880. The molecule has 0 bridgehead atoms. The van der Waals surface area contributed by atoms with Crippen molar-refractivity contribution in [2.24, 2.45) is 5.92 Å². The van der Waals surface area contributed by atoms with Crippen LogP contribution in [0.5, 0.6) is 0 Å². The summed E-state index contributed by atoms with van der Waals surface area (Å²) in [6, 6.07) is 10.0. The first-order valence-corrected chi connectivity index (χ1v) is 7.49. The van der Waals surface area contributed by atoms with E-state index in [1.54, 1.807) is 0 Å². The standard InChI is InChI=1S/C17H19N3O2/c1-11-13-4-2-3-5-15(13)19-17(14(11)8-18)20-7-6-12(10-21)16(22)9-20/h2-5,12,16,21-22H,6-7,9-10H2,1H3/t12-,16+/m1/s1. The number of para-hydroxylation sites is 1. The van der Waals surface area contributed by atoms with Crippen LogP contribution in [0.1, 0.15) is 17.5 Å². The number of aromatic nitrogens is 1. The summed E-state index contributed by atoms with van der Waals surface area (Å²) in [7, 11) is 0. The fourth-order valence-corrected chi connectivity index (χ4v) is 3.11. The maximum Gasteiger partial charge on any atom is 0.147 e. The molecule has 2 aromatic rings. The monoisotopic (exact) mass is 297 g/mol. The Labute approximate surface area is 129 Å². The lowest BCUT2D eigenvalue weighted by Gasteiger charge is -2.36. The Balaban J connectivity index is 2.06. The van der Waals surface area contributed by atoms with E-state index < -0.39 is 6.10 Å². The van der Waals surface area contributed by atoms with Crippen LogP contribution in [0.15, 0.2) is 24.3 Å². The van der Waals surface area contributed by atoms with Crippen molar-refractivity contribution >= 4 is 16.7 Å². The SMILES string of the molecule is Cc1c(C#N)c(N2CC[C@H](CO)[C@@H](O)C2)nc2ccccc12. The second-order valence-electron chi connectivity index (χ2n) is 5.81. The van der Waals surface area contributed by atoms with Gasteiger partial charge in [0.1, 0.15) is 11.9 Å². The number of fused-ring (bicyclic) bond motifs is 1. The summed E-state index contributed by atoms with van der Waals surface area (Å²) < 4.78 is 0. The number of nitriles is 1. The van der Waals surface area contributed by atoms with E-state index in [0.717, 1.165) is 16.5 Å². The van der Waals surface area contributed by atoms with Crippen molar-refractivity contribution in [2.45, 2.75) is 19.4 Å². The minimum absolute atomic E-state index is 0.00963. The largest absolute Gasteiger partial charge is 0.396 e. The highest BCUT2D eigenvalue weighted by Gasteiger charge is 2.29. The van der Waals surface area contributed by atoms with Crippen molar-refractivity contribution in [2.75, 3.05) is 24.6 Å². The fourth-order valence-electron chi connectivity index (χ4n) is 3.11. The van der Waals surface area contributed by atoms with Gasteiger partial charge in [-0.2, -0.15) is 5.26 Å². The third-order valence-corrected chi connectivity index (χ3v) is 4.50. The van der Waals surface area contributed by atoms with Crippen LogP contribution in [0, 0.1) is 24.2 Å². The van der Waals surface area contributed by atoms with Gasteiger partial charge >= 0.3 is 0 Å². The maximum atomic E-state index is 10.1. The number of aliphatic hydroxyl groups excluding tert-OH is 2. The lowest BCUT2D eigenvalue weighted by atomic mass is 9.94. The topological polar surface area (TPSA) is 80.4 Å². The van der Waals surface area contributed by atoms with Crippen LogP contribution in [0.4, 0.5) is 5.82 Å². The minimum Gasteiger partial charge on any atom is -0.396 e. The van der Waals surface area contributed by atoms with Gasteiger partial charge in [-0.3, -0.25) is 0 Å². The summed E-state index contributed by atoms with van der Waals surface area (Å²) in [5.41, 5.74) is 2.34. The van der Waals surface area contributed by atoms with Gasteiger partial charge in [0, 0.05) is 31.0 Å². The smallest absolute Gasteiger partial charge is 0.147 e. The molecule has 1 aliphatic heterocycles. The van der Waals surface area contributed by atoms with Gasteiger partial charge in [-0.1, -0.05) is 18.2 Å². The molecule has 5 nitrogen and oxygen atoms in total. The van der Waals surface area contributed by atoms with Crippen LogP contribution in [0.3, 0.4) is 0 Å². The second kappa shape index (κ2) is 5.91. The molecule has 2 heterocycles. The second-order valence-corrected chi connectivity index (χ2v) is 5.81. The Bertz CT molecular complexity index is 738. The van der Waals surface area contributed by atoms with Crippen LogP contribution in [0.2, 0.25) is 0 Å². The number of pyridine rings is 1. The molecule has 0 saturated carbocycles. The van der Waals surface area contributed by atoms with Gasteiger partial charge in [0.15, 0.2) is 0 Å². The molecule has 0 spiro atoms. The molecule has 1 saturated heterocycles. The number of aliphatic hydroxyl groups is 2. The van der Waals surface area contributed by atoms with Crippen LogP contribution < -0.4 is 4.90 Å². The highest BCUT2D eigenvalue weighted by atomic mass is 16.3. The van der Waals surface area contributed by atoms with Gasteiger partial charge in [0.2, 0.25) is 0 Å². The zero-order valence-electron chi connectivity index (χ0n) is 12.5. The van der Waals surface area contributed by atoms with Crippen molar-refractivity contribution in [1.82, 2.24) is 4.98 Å². The molecule has 114 valence electrons. The zero-order valence-corrected chi connectivity index (χ0v) is 12.5. The Hall–Kier alpha value is -2.16. The number of hydrogen-bond donors (Lipinski definition) is 2. The first-order valence-electron chi connectivity index (χ1n) is 7.49. The number of piperidine rings is 1. The summed E-state index contributed by atoms with van der Waals surface area (Å²) in [5, 5.41) is 29.9. The predicted octanol–water partition coefficient (Wildman–Crippen LogP) is 1.59. The lowest BCUT2D eigenvalue weighted by molar-refractivity contribution is 0.0546. The third kappa shape index (κ3) is 2.41. The van der Waals surface area contributed by atoms with Gasteiger partial charge in [0.05, 0.1) is 17.2 Å². The number of anilines is 1. The van der Waals surface area contributed by atoms with E-state index in [1.165, 1.54) is 0 Å². The Kier molecular flexibility index (Phi) is 3.97. The van der Waals surface area contributed by atoms with Gasteiger partial charge in [0.25, 0.3) is 0 Å². The summed E-state index contributed by atoms with van der Waals surface area (Å²) in [5.74, 6) is 0.539. The van der Waals surface area contributed by atoms with E-state index in [2.05, 4.69) is 11.1 Å². The normalized spacial score (nSPS) is 21.8. The average molecular weight is 297 g/mol. The highest BCUT2D eigenvalue weighted by molar-refractivity contribution is 5.87. The van der Waals surface area contributed by atoms with Crippen LogP contribution in [0.25, 0.3) is 10.9 Å². The Morgan fingerprint density at radius 2 is 2.18 bits per heavy atom. The molecule has 22 heavy (non-hydrogen) atoms. The van der Waals surface area contributed by atoms with Gasteiger partial charge in [-0.05, 0) is 25.0 Å². The lowest BCUT2D eigenvalue weighted by Crippen LogP contribution is -2.45. The average Bonchev–Trinajstić information content (AvgIpc) is 2.54. The number of rotatable bonds is 2. The van der Waals surface area contributed by atoms with E-state index in [4.69, 9.17) is 0 Å². The van der Waals surface area contributed by atoms with Gasteiger partial charge in [-0.15, -0.1) is 0 Å². The van der Waals surface area contributed by atoms with E-state index in [1.807, 2.05) is 36.1 Å². The minimum atomic E-state index is -0.598. The summed E-state index contributed by atoms with van der Waals surface area (Å²) in [6.07, 6.45) is 0.0923. The van der Waals surface area contributed by atoms with Gasteiger partial charge < -0.3 is 15.1 Å². The predicted molar refractivity (Wildman–Crippen MR) is 84.6 cm³/mol. The van der Waals surface area contributed by atoms with E-state index >= 15 is 0 Å². The zero-order chi connectivity index (χ0) is 15.7. The highest BCUT2D eigenvalue weighted by Crippen LogP contribution is 2.30. The van der Waals surface area contributed by atoms with Crippen molar-refractivity contribution in [3.63, 3.8) is 0 Å². The van der Waals surface area contributed by atoms with E-state index in [0.29, 0.717) is 30.9 Å². The number of benzene rings is 1. The Morgan fingerprint density at radius 1 is 1.41 bits per heavy atom. The van der Waals surface area contributed by atoms with Crippen molar-refractivity contribution in [3.05, 3.63) is 35.4 Å². The molecule has 3 rings (SSSR count). The molecule has 1 aromatic carbocycles. The fraction of sp³-hybridized carbons (Fsp3) is 0.412. The van der Waals surface area contributed by atoms with E-state index in [-0.39, 0.29) is 12.5 Å². The molecule has 1 fully saturated rings. The summed E-state index contributed by atoms with van der Waals surface area (Å²) in [6.45, 7) is 3.00. The first-order chi connectivity index (χ1) is 10.7. The van der Waals surface area contributed by atoms with Crippen molar-refractivity contribution in [3.8, 4) is 6.07 Å². The van der Waals surface area contributed by atoms with Crippen LogP contribution >= 0.6 is 0 Å². The molecule has 0 unspecified atom stereocenters. The first kappa shape index (κ1) is 14.8. The number of nitrogens with zero attached hydrogens (tertiary/aromatic N) is 3. The molecule has 1 aromatic heterocycles. The maximum absolute atomic E-state index is 10.1. The van der Waals surface area contributed by atoms with Crippen LogP contribution in [-0.4, -0.2) is 41.0 Å². The molecular formula is C17H19N3O2. The van der Waals surface area contributed by atoms with Crippen LogP contribution in [-0.2, 0) is 0 Å². The molecule has 0 radical (unpaired) electrons. The number of β-amino-alcohol motifs (C(OH)–C–C–N with tert-alkyl or cyclic N) is 1. The van der Waals surface area contributed by atoms with E-state index in [9.17, 15) is 15.5 Å². The molecular weight excluding hydrogens is 278 g/mol. The molecule has 0 amide bonds. The molecule has 2 atom stereocenters. The van der Waals surface area contributed by atoms with Crippen molar-refractivity contribution < 1.29 is 10.2 Å². The number of hydrogen-bond acceptors (Lipinski definition) is 5.